The number of halogens is 2. The minimum Gasteiger partial charge on any atom is -0.472 e. The van der Waals surface area contributed by atoms with E-state index < -0.39 is 11.9 Å². The molecule has 1 aliphatic carbocycles. The van der Waals surface area contributed by atoms with Gasteiger partial charge in [-0.1, -0.05) is 0 Å². The van der Waals surface area contributed by atoms with Crippen LogP contribution in [0.15, 0.2) is 16.6 Å². The zero-order valence-electron chi connectivity index (χ0n) is 23.3. The van der Waals surface area contributed by atoms with Crippen molar-refractivity contribution in [2.75, 3.05) is 33.3 Å². The Bertz CT molecular complexity index is 1600. The molecule has 4 saturated heterocycles. The van der Waals surface area contributed by atoms with E-state index in [1.54, 1.807) is 4.90 Å². The minimum atomic E-state index is -0.933. The molecule has 3 aromatic rings. The van der Waals surface area contributed by atoms with Crippen LogP contribution in [0.1, 0.15) is 43.5 Å². The Balaban J connectivity index is 1.46. The zero-order valence-corrected chi connectivity index (χ0v) is 24.9. The Morgan fingerprint density at radius 3 is 2.78 bits per heavy atom. The van der Waals surface area contributed by atoms with Crippen molar-refractivity contribution in [3.63, 3.8) is 0 Å². The van der Waals surface area contributed by atoms with Crippen LogP contribution >= 0.6 is 15.9 Å². The first-order valence-electron chi connectivity index (χ1n) is 14.2. The molecule has 1 unspecified atom stereocenters. The summed E-state index contributed by atoms with van der Waals surface area (Å²) in [6.07, 6.45) is 1.37. The van der Waals surface area contributed by atoms with E-state index in [4.69, 9.17) is 14.5 Å². The molecule has 218 valence electrons. The summed E-state index contributed by atoms with van der Waals surface area (Å²) in [5, 5.41) is 11.3. The van der Waals surface area contributed by atoms with Crippen LogP contribution in [0.4, 0.5) is 14.0 Å². The van der Waals surface area contributed by atoms with Crippen LogP contribution in [0.2, 0.25) is 0 Å². The van der Waals surface area contributed by atoms with Crippen LogP contribution in [0, 0.1) is 18.7 Å². The van der Waals surface area contributed by atoms with Gasteiger partial charge in [-0.25, -0.2) is 19.0 Å². The number of amides is 2. The molecule has 2 bridgehead atoms. The van der Waals surface area contributed by atoms with E-state index in [9.17, 15) is 14.7 Å². The first-order chi connectivity index (χ1) is 19.6. The number of rotatable bonds is 6. The Labute approximate surface area is 245 Å². The van der Waals surface area contributed by atoms with Gasteiger partial charge in [0.1, 0.15) is 18.2 Å². The molecule has 5 fully saturated rings. The molecule has 5 aliphatic rings. The summed E-state index contributed by atoms with van der Waals surface area (Å²) in [5.41, 5.74) is 2.52. The number of likely N-dealkylation sites (tertiary alicyclic amines) is 1. The normalized spacial score (nSPS) is 26.7. The first-order valence-corrected chi connectivity index (χ1v) is 15.0. The number of aromatic nitrogens is 2. The Hall–Kier alpha value is -3.12. The van der Waals surface area contributed by atoms with E-state index in [0.29, 0.717) is 35.4 Å². The van der Waals surface area contributed by atoms with Gasteiger partial charge in [-0.2, -0.15) is 0 Å². The summed E-state index contributed by atoms with van der Waals surface area (Å²) < 4.78 is 30.2. The molecular weight excluding hydrogens is 597 g/mol. The van der Waals surface area contributed by atoms with Crippen molar-refractivity contribution in [1.82, 2.24) is 24.3 Å². The second-order valence-corrected chi connectivity index (χ2v) is 12.7. The number of ether oxygens (including phenoxy) is 2. The number of carbonyl (C=O) groups is 2. The van der Waals surface area contributed by atoms with Crippen LogP contribution < -0.4 is 4.74 Å². The number of cyclic esters (lactones) is 1. The van der Waals surface area contributed by atoms with Gasteiger partial charge in [0.15, 0.2) is 5.82 Å². The highest BCUT2D eigenvalue weighted by atomic mass is 79.9. The van der Waals surface area contributed by atoms with Gasteiger partial charge in [0, 0.05) is 29.6 Å². The molecule has 10 nitrogen and oxygen atoms in total. The van der Waals surface area contributed by atoms with Crippen LogP contribution in [-0.4, -0.2) is 93.0 Å². The van der Waals surface area contributed by atoms with Gasteiger partial charge in [0.25, 0.3) is 0 Å². The van der Waals surface area contributed by atoms with Crippen LogP contribution in [0.3, 0.4) is 0 Å². The number of hydrogen-bond acceptors (Lipinski definition) is 6. The summed E-state index contributed by atoms with van der Waals surface area (Å²) in [6.45, 7) is 6.39. The highest BCUT2D eigenvalue weighted by Gasteiger charge is 2.55. The summed E-state index contributed by atoms with van der Waals surface area (Å²) in [7, 11) is 2.09. The monoisotopic (exact) mass is 629 g/mol. The quantitative estimate of drug-likeness (QED) is 0.403. The van der Waals surface area contributed by atoms with Crippen molar-refractivity contribution >= 4 is 49.9 Å². The molecule has 4 aliphatic heterocycles. The molecule has 5 atom stereocenters. The van der Waals surface area contributed by atoms with Crippen molar-refractivity contribution < 1.29 is 28.6 Å². The van der Waals surface area contributed by atoms with Crippen LogP contribution in [-0.2, 0) is 11.3 Å². The van der Waals surface area contributed by atoms with E-state index in [0.717, 1.165) is 48.0 Å². The minimum absolute atomic E-state index is 0.121. The lowest BCUT2D eigenvalue weighted by Gasteiger charge is -2.39. The van der Waals surface area contributed by atoms with E-state index in [1.807, 2.05) is 26.0 Å². The molecule has 1 aromatic carbocycles. The Morgan fingerprint density at radius 2 is 2.12 bits per heavy atom. The van der Waals surface area contributed by atoms with Gasteiger partial charge in [-0.3, -0.25) is 9.80 Å². The van der Waals surface area contributed by atoms with Gasteiger partial charge in [0.05, 0.1) is 40.5 Å². The van der Waals surface area contributed by atoms with E-state index in [2.05, 4.69) is 32.4 Å². The maximum Gasteiger partial charge on any atom is 0.410 e. The number of pyridine rings is 1. The smallest absolute Gasteiger partial charge is 0.410 e. The standard InChI is InChI=1S/C29H33BrFN5O5/c1-14-9-18-24(23(31)22(14)30)32-27(41-15(2)20-5-4-6-33(20)3)19-11-17(13-34-7-8-40-29(34)39)36(26(18)19)25-16-10-21(25)35(12-16)28(37)38/h9,11,15-16,20-21,25H,4-8,10,12-13H2,1-3H3,(H,37,38)/t15-,16+,20?,21+,25-/m0/s1. The fraction of sp³-hybridized carbons (Fsp3) is 0.552. The van der Waals surface area contributed by atoms with Gasteiger partial charge in [0.2, 0.25) is 5.88 Å². The molecule has 2 amide bonds. The van der Waals surface area contributed by atoms with E-state index in [-0.39, 0.29) is 48.3 Å². The predicted octanol–water partition coefficient (Wildman–Crippen LogP) is 5.14. The molecule has 41 heavy (non-hydrogen) atoms. The summed E-state index contributed by atoms with van der Waals surface area (Å²) in [6, 6.07) is 3.80. The fourth-order valence-electron chi connectivity index (χ4n) is 7.50. The van der Waals surface area contributed by atoms with E-state index >= 15 is 4.39 Å². The number of fused-ring (bicyclic) bond motifs is 4. The molecule has 6 heterocycles. The lowest BCUT2D eigenvalue weighted by Crippen LogP contribution is -2.43. The highest BCUT2D eigenvalue weighted by molar-refractivity contribution is 9.10. The van der Waals surface area contributed by atoms with Crippen LogP contribution in [0.25, 0.3) is 21.8 Å². The number of carboxylic acid groups (broad SMARTS) is 1. The van der Waals surface area contributed by atoms with Gasteiger partial charge >= 0.3 is 12.2 Å². The first kappa shape index (κ1) is 26.8. The summed E-state index contributed by atoms with van der Waals surface area (Å²) >= 11 is 3.40. The lowest BCUT2D eigenvalue weighted by atomic mass is 9.79. The van der Waals surface area contributed by atoms with Crippen molar-refractivity contribution in [1.29, 1.82) is 0 Å². The van der Waals surface area contributed by atoms with Crippen molar-refractivity contribution in [3.05, 3.63) is 33.7 Å². The molecule has 12 heteroatoms. The predicted molar refractivity (Wildman–Crippen MR) is 153 cm³/mol. The molecule has 0 spiro atoms. The second kappa shape index (κ2) is 9.72. The lowest BCUT2D eigenvalue weighted by molar-refractivity contribution is 0.118. The second-order valence-electron chi connectivity index (χ2n) is 11.9. The maximum atomic E-state index is 15.9. The third-order valence-electron chi connectivity index (χ3n) is 9.59. The number of hydrogen-bond donors (Lipinski definition) is 1. The molecule has 1 saturated carbocycles. The van der Waals surface area contributed by atoms with E-state index in [1.165, 1.54) is 4.90 Å². The van der Waals surface area contributed by atoms with Crippen molar-refractivity contribution in [2.45, 2.75) is 63.9 Å². The Kier molecular flexibility index (Phi) is 6.35. The number of nitrogens with zero attached hydrogens (tertiary/aromatic N) is 5. The fourth-order valence-corrected chi connectivity index (χ4v) is 7.81. The number of aryl methyl sites for hydroxylation is 1. The number of carbonyl (C=O) groups excluding carboxylic acids is 1. The topological polar surface area (TPSA) is 100 Å². The van der Waals surface area contributed by atoms with Crippen molar-refractivity contribution in [3.8, 4) is 5.88 Å². The van der Waals surface area contributed by atoms with Gasteiger partial charge in [-0.05, 0) is 80.3 Å². The Morgan fingerprint density at radius 1 is 1.32 bits per heavy atom. The molecule has 0 radical (unpaired) electrons. The third-order valence-corrected chi connectivity index (χ3v) is 10.6. The number of likely N-dealkylation sites (N-methyl/N-ethyl adjacent to an activating group) is 1. The molecule has 2 aromatic heterocycles. The molecule has 8 rings (SSSR count). The third kappa shape index (κ3) is 4.08. The van der Waals surface area contributed by atoms with Crippen molar-refractivity contribution in [2.24, 2.45) is 5.92 Å². The number of benzene rings is 1. The zero-order chi connectivity index (χ0) is 28.7. The van der Waals surface area contributed by atoms with Crippen LogP contribution in [0.5, 0.6) is 5.88 Å². The molecular formula is C29H33BrFN5O5. The summed E-state index contributed by atoms with van der Waals surface area (Å²) in [5.74, 6) is 0.00952. The largest absolute Gasteiger partial charge is 0.472 e. The van der Waals surface area contributed by atoms with Gasteiger partial charge < -0.3 is 24.0 Å². The molecule has 1 N–H and O–H groups in total. The highest BCUT2D eigenvalue weighted by Crippen LogP contribution is 2.52. The average Bonchev–Trinajstić information content (AvgIpc) is 3.74. The van der Waals surface area contributed by atoms with Gasteiger partial charge in [-0.15, -0.1) is 0 Å². The SMILES string of the molecule is Cc1cc2c(nc(O[C@@H](C)C3CCCN3C)c3cc(CN4CCOC4=O)n([C@H]4[C@@H]5C[C@H]4N(C(=O)O)C5)c32)c(F)c1Br. The maximum absolute atomic E-state index is 15.9. The average molecular weight is 631 g/mol. The summed E-state index contributed by atoms with van der Waals surface area (Å²) in [4.78, 5) is 34.7.